The second kappa shape index (κ2) is 9.15. The van der Waals surface area contributed by atoms with Gasteiger partial charge in [-0.3, -0.25) is 9.59 Å². The molecule has 1 fully saturated rings. The highest BCUT2D eigenvalue weighted by atomic mass is 16.4. The van der Waals surface area contributed by atoms with Crippen molar-refractivity contribution in [1.82, 2.24) is 5.32 Å². The maximum Gasteiger partial charge on any atom is 0.309 e. The van der Waals surface area contributed by atoms with Crippen LogP contribution in [-0.2, 0) is 22.7 Å². The molecule has 0 saturated heterocycles. The summed E-state index contributed by atoms with van der Waals surface area (Å²) in [7, 11) is 0. The number of amides is 1. The van der Waals surface area contributed by atoms with Crippen LogP contribution in [-0.4, -0.2) is 22.9 Å². The fourth-order valence-corrected chi connectivity index (χ4v) is 5.16. The Morgan fingerprint density at radius 2 is 1.38 bits per heavy atom. The third-order valence-electron chi connectivity index (χ3n) is 6.47. The van der Waals surface area contributed by atoms with Crippen LogP contribution in [0.2, 0.25) is 0 Å². The summed E-state index contributed by atoms with van der Waals surface area (Å²) in [5.74, 6) is -1.59. The van der Waals surface area contributed by atoms with Crippen molar-refractivity contribution in [1.29, 1.82) is 0 Å². The zero-order chi connectivity index (χ0) is 23.4. The predicted molar refractivity (Wildman–Crippen MR) is 122 cm³/mol. The van der Waals surface area contributed by atoms with Crippen LogP contribution in [0.4, 0.5) is 0 Å². The van der Waals surface area contributed by atoms with Gasteiger partial charge in [0.2, 0.25) is 5.91 Å². The van der Waals surface area contributed by atoms with E-state index in [0.29, 0.717) is 6.54 Å². The molecule has 1 amide bonds. The third kappa shape index (κ3) is 5.18. The van der Waals surface area contributed by atoms with E-state index in [4.69, 9.17) is 0 Å². The number of rotatable bonds is 7. The number of hydrogen-bond acceptors (Lipinski definition) is 4. The third-order valence-corrected chi connectivity index (χ3v) is 6.47. The van der Waals surface area contributed by atoms with Gasteiger partial charge in [-0.05, 0) is 48.6 Å². The highest BCUT2D eigenvalue weighted by Gasteiger charge is 2.55. The zero-order valence-corrected chi connectivity index (χ0v) is 18.9. The number of aliphatic carboxylic acids is 1. The minimum Gasteiger partial charge on any atom is -0.862 e. The Morgan fingerprint density at radius 1 is 0.875 bits per heavy atom. The number of carboxylic acids is 1. The van der Waals surface area contributed by atoms with Crippen molar-refractivity contribution in [3.8, 4) is 0 Å². The van der Waals surface area contributed by atoms with Gasteiger partial charge in [0.1, 0.15) is 0 Å². The van der Waals surface area contributed by atoms with E-state index in [-0.39, 0.29) is 37.6 Å². The van der Waals surface area contributed by atoms with Crippen LogP contribution in [0.25, 0.3) is 0 Å². The standard InChI is InChI=1S/C26H32N2O4/c1-24(21(29)27-14-19-10-6-4-7-11-19)16-25(2,18-26(3,17-24)23(31)32)22(30)28-15-20-12-8-5-9-13-20/h4-13H,14-18H2,1-3H3,(H,27,29)(H,28,30)(H,31,32)/p-1/t24-,25+,26-. The minimum absolute atomic E-state index is 0.147. The molecule has 6 nitrogen and oxygen atoms in total. The molecule has 0 heterocycles. The summed E-state index contributed by atoms with van der Waals surface area (Å²) >= 11 is 0. The van der Waals surface area contributed by atoms with Crippen LogP contribution in [0.5, 0.6) is 0 Å². The van der Waals surface area contributed by atoms with Gasteiger partial charge in [0.15, 0.2) is 0 Å². The first-order valence-corrected chi connectivity index (χ1v) is 10.9. The summed E-state index contributed by atoms with van der Waals surface area (Å²) in [5.41, 5.74) is -1.39. The molecule has 2 N–H and O–H groups in total. The molecular formula is C26H31N2O4-. The molecule has 0 radical (unpaired) electrons. The summed E-state index contributed by atoms with van der Waals surface area (Å²) in [5, 5.41) is 26.1. The topological polar surface area (TPSA) is 102 Å². The van der Waals surface area contributed by atoms with Crippen LogP contribution >= 0.6 is 0 Å². The van der Waals surface area contributed by atoms with Gasteiger partial charge in [0, 0.05) is 12.0 Å². The summed E-state index contributed by atoms with van der Waals surface area (Å²) < 4.78 is 0. The van der Waals surface area contributed by atoms with Crippen molar-refractivity contribution in [3.63, 3.8) is 0 Å². The molecule has 0 unspecified atom stereocenters. The quantitative estimate of drug-likeness (QED) is 0.513. The Balaban J connectivity index is 1.84. The number of carboxylic acid groups (broad SMARTS) is 1. The monoisotopic (exact) mass is 435 g/mol. The fraction of sp³-hybridized carbons (Fsp3) is 0.423. The van der Waals surface area contributed by atoms with E-state index in [1.807, 2.05) is 60.7 Å². The molecule has 0 spiro atoms. The van der Waals surface area contributed by atoms with E-state index in [1.54, 1.807) is 20.8 Å². The number of carbonyl (C=O) groups is 2. The molecule has 1 aliphatic carbocycles. The van der Waals surface area contributed by atoms with E-state index in [0.717, 1.165) is 11.1 Å². The summed E-state index contributed by atoms with van der Waals surface area (Å²) in [6.45, 7) is 5.71. The Hall–Kier alpha value is -3.15. The lowest BCUT2D eigenvalue weighted by Crippen LogP contribution is -2.56. The second-order valence-corrected chi connectivity index (χ2v) is 9.79. The van der Waals surface area contributed by atoms with Crippen molar-refractivity contribution in [2.24, 2.45) is 21.2 Å². The van der Waals surface area contributed by atoms with E-state index in [9.17, 15) is 19.8 Å². The predicted octanol–water partition coefficient (Wildman–Crippen LogP) is 3.55. The minimum atomic E-state index is -1.20. The molecule has 0 bridgehead atoms. The van der Waals surface area contributed by atoms with Crippen molar-refractivity contribution in [2.75, 3.05) is 0 Å². The molecule has 170 valence electrons. The lowest BCUT2D eigenvalue weighted by molar-refractivity contribution is -0.237. The smallest absolute Gasteiger partial charge is 0.309 e. The Kier molecular flexibility index (Phi) is 6.72. The number of benzene rings is 2. The van der Waals surface area contributed by atoms with Crippen LogP contribution in [0.3, 0.4) is 0 Å². The van der Waals surface area contributed by atoms with E-state index >= 15 is 0 Å². The van der Waals surface area contributed by atoms with Crippen molar-refractivity contribution >= 4 is 17.8 Å². The maximum absolute atomic E-state index is 13.2. The van der Waals surface area contributed by atoms with Crippen LogP contribution < -0.4 is 10.4 Å². The average molecular weight is 436 g/mol. The van der Waals surface area contributed by atoms with Gasteiger partial charge in [0.05, 0.1) is 12.0 Å². The Bertz CT molecular complexity index is 991. The Labute approximate surface area is 189 Å². The highest BCUT2D eigenvalue weighted by Crippen LogP contribution is 2.54. The molecule has 6 heteroatoms. The van der Waals surface area contributed by atoms with Gasteiger partial charge in [-0.15, -0.1) is 0 Å². The van der Waals surface area contributed by atoms with Crippen molar-refractivity contribution in [3.05, 3.63) is 71.8 Å². The lowest BCUT2D eigenvalue weighted by atomic mass is 9.54. The van der Waals surface area contributed by atoms with Gasteiger partial charge >= 0.3 is 5.97 Å². The average Bonchev–Trinajstić information content (AvgIpc) is 2.76. The normalized spacial score (nSPS) is 28.2. The number of nitrogens with one attached hydrogen (secondary N) is 1. The van der Waals surface area contributed by atoms with Gasteiger partial charge in [-0.1, -0.05) is 74.5 Å². The highest BCUT2D eigenvalue weighted by molar-refractivity contribution is 5.87. The van der Waals surface area contributed by atoms with Crippen molar-refractivity contribution in [2.45, 2.75) is 53.1 Å². The molecule has 2 aromatic carbocycles. The number of carbonyl (C=O) groups excluding carboxylic acids is 1. The largest absolute Gasteiger partial charge is 0.862 e. The Morgan fingerprint density at radius 3 is 1.94 bits per heavy atom. The van der Waals surface area contributed by atoms with Crippen LogP contribution in [0.15, 0.2) is 65.7 Å². The molecule has 2 aromatic rings. The summed E-state index contributed by atoms with van der Waals surface area (Å²) in [6, 6.07) is 19.0. The zero-order valence-electron chi connectivity index (χ0n) is 18.9. The number of hydrogen-bond donors (Lipinski definition) is 2. The van der Waals surface area contributed by atoms with Crippen LogP contribution in [0.1, 0.15) is 51.2 Å². The molecule has 32 heavy (non-hydrogen) atoms. The molecular weight excluding hydrogens is 404 g/mol. The molecule has 3 rings (SSSR count). The number of nitrogens with zero attached hydrogens (tertiary/aromatic N) is 1. The van der Waals surface area contributed by atoms with Gasteiger partial charge in [0.25, 0.3) is 0 Å². The lowest BCUT2D eigenvalue weighted by Gasteiger charge is -2.52. The van der Waals surface area contributed by atoms with Gasteiger partial charge < -0.3 is 20.5 Å². The van der Waals surface area contributed by atoms with Crippen LogP contribution in [0, 0.1) is 16.2 Å². The van der Waals surface area contributed by atoms with E-state index < -0.39 is 22.2 Å². The molecule has 0 aromatic heterocycles. The SMILES string of the molecule is C[C@@]1(C(=O)O)C[C@](C)(C(=O)NCc2ccccc2)C[C@](C)(C([O-])=NCc2ccccc2)C1. The first kappa shape index (κ1) is 23.5. The van der Waals surface area contributed by atoms with Crippen molar-refractivity contribution < 1.29 is 19.8 Å². The van der Waals surface area contributed by atoms with Gasteiger partial charge in [-0.25, -0.2) is 0 Å². The molecule has 0 aliphatic heterocycles. The second-order valence-electron chi connectivity index (χ2n) is 9.79. The molecule has 1 saturated carbocycles. The maximum atomic E-state index is 13.2. The fourth-order valence-electron chi connectivity index (χ4n) is 5.16. The first-order chi connectivity index (χ1) is 15.1. The summed E-state index contributed by atoms with van der Waals surface area (Å²) in [6.07, 6.45) is 0.562. The van der Waals surface area contributed by atoms with Gasteiger partial charge in [-0.2, -0.15) is 0 Å². The van der Waals surface area contributed by atoms with E-state index in [1.165, 1.54) is 0 Å². The molecule has 1 aliphatic rings. The van der Waals surface area contributed by atoms with E-state index in [2.05, 4.69) is 10.3 Å². The molecule has 3 atom stereocenters. The first-order valence-electron chi connectivity index (χ1n) is 10.9. The number of aliphatic imine (C=N–C) groups is 1. The summed E-state index contributed by atoms with van der Waals surface area (Å²) in [4.78, 5) is 29.7.